The fourth-order valence-electron chi connectivity index (χ4n) is 2.14. The number of carboxylic acids is 1. The molecule has 0 aliphatic carbocycles. The van der Waals surface area contributed by atoms with E-state index in [2.05, 4.69) is 12.2 Å². The molecule has 5 nitrogen and oxygen atoms in total. The van der Waals surface area contributed by atoms with Crippen LogP contribution in [0.1, 0.15) is 51.9 Å². The van der Waals surface area contributed by atoms with Crippen LogP contribution in [0.15, 0.2) is 0 Å². The lowest BCUT2D eigenvalue weighted by Gasteiger charge is -2.30. The molecule has 1 N–H and O–H groups in total. The van der Waals surface area contributed by atoms with Gasteiger partial charge in [0, 0.05) is 19.4 Å². The monoisotopic (exact) mass is 286 g/mol. The number of amides is 1. The molecular formula is C15H30N2O3. The molecular weight excluding hydrogens is 256 g/mol. The highest BCUT2D eigenvalue weighted by molar-refractivity contribution is 5.75. The third-order valence-electron chi connectivity index (χ3n) is 3.33. The summed E-state index contributed by atoms with van der Waals surface area (Å²) in [5, 5.41) is 13.4. The summed E-state index contributed by atoms with van der Waals surface area (Å²) in [5.74, 6) is -0.933. The summed E-state index contributed by atoms with van der Waals surface area (Å²) in [7, 11) is 3.71. The molecule has 20 heavy (non-hydrogen) atoms. The number of unbranched alkanes of at least 4 members (excludes halogenated alkanes) is 4. The number of carbonyl (C=O) groups is 2. The number of carbonyl (C=O) groups excluding carboxylic acids is 2. The van der Waals surface area contributed by atoms with Crippen molar-refractivity contribution < 1.29 is 19.2 Å². The third kappa shape index (κ3) is 12.0. The van der Waals surface area contributed by atoms with Crippen LogP contribution in [0.2, 0.25) is 0 Å². The second-order valence-corrected chi connectivity index (χ2v) is 6.06. The Hall–Kier alpha value is -1.10. The molecule has 0 aromatic carbocycles. The van der Waals surface area contributed by atoms with Gasteiger partial charge in [0.25, 0.3) is 0 Å². The van der Waals surface area contributed by atoms with Gasteiger partial charge in [-0.1, -0.05) is 32.6 Å². The first kappa shape index (κ1) is 18.9. The minimum Gasteiger partial charge on any atom is -0.544 e. The molecule has 0 atom stereocenters. The fourth-order valence-corrected chi connectivity index (χ4v) is 2.14. The number of nitrogens with zero attached hydrogens (tertiary/aromatic N) is 1. The molecule has 0 aliphatic rings. The zero-order chi connectivity index (χ0) is 15.4. The van der Waals surface area contributed by atoms with Crippen LogP contribution in [-0.4, -0.2) is 50.1 Å². The number of hydrogen-bond acceptors (Lipinski definition) is 3. The van der Waals surface area contributed by atoms with Gasteiger partial charge in [-0.25, -0.2) is 0 Å². The van der Waals surface area contributed by atoms with Crippen LogP contribution in [0.4, 0.5) is 0 Å². The quantitative estimate of drug-likeness (QED) is 0.424. The number of aliphatic carboxylic acids is 1. The second kappa shape index (κ2) is 10.7. The van der Waals surface area contributed by atoms with E-state index in [9.17, 15) is 14.7 Å². The largest absolute Gasteiger partial charge is 0.544 e. The molecule has 0 aliphatic heterocycles. The van der Waals surface area contributed by atoms with Gasteiger partial charge in [0.15, 0.2) is 0 Å². The van der Waals surface area contributed by atoms with E-state index >= 15 is 0 Å². The Balaban J connectivity index is 3.54. The molecule has 0 saturated heterocycles. The Kier molecular flexibility index (Phi) is 10.1. The Bertz CT molecular complexity index is 291. The van der Waals surface area contributed by atoms with E-state index in [-0.39, 0.29) is 12.5 Å². The molecule has 0 rings (SSSR count). The number of quaternary nitrogens is 1. The van der Waals surface area contributed by atoms with Crippen LogP contribution >= 0.6 is 0 Å². The lowest BCUT2D eigenvalue weighted by Crippen LogP contribution is -2.49. The molecule has 0 fully saturated rings. The van der Waals surface area contributed by atoms with Gasteiger partial charge in [-0.3, -0.25) is 4.79 Å². The first-order valence-electron chi connectivity index (χ1n) is 7.66. The predicted octanol–water partition coefficient (Wildman–Crippen LogP) is 0.680. The molecule has 0 aromatic rings. The van der Waals surface area contributed by atoms with Gasteiger partial charge >= 0.3 is 0 Å². The van der Waals surface area contributed by atoms with Crippen molar-refractivity contribution in [2.45, 2.75) is 51.9 Å². The van der Waals surface area contributed by atoms with Gasteiger partial charge < -0.3 is 19.7 Å². The summed E-state index contributed by atoms with van der Waals surface area (Å²) in [6.07, 6.45) is 7.12. The molecule has 0 unspecified atom stereocenters. The Morgan fingerprint density at radius 2 is 1.70 bits per heavy atom. The van der Waals surface area contributed by atoms with Gasteiger partial charge in [0.2, 0.25) is 5.91 Å². The van der Waals surface area contributed by atoms with Gasteiger partial charge in [0.05, 0.1) is 26.6 Å². The highest BCUT2D eigenvalue weighted by Gasteiger charge is 2.14. The maximum atomic E-state index is 11.6. The second-order valence-electron chi connectivity index (χ2n) is 6.06. The van der Waals surface area contributed by atoms with Crippen LogP contribution in [0.5, 0.6) is 0 Å². The summed E-state index contributed by atoms with van der Waals surface area (Å²) < 4.78 is 0.384. The minimum atomic E-state index is -1.04. The Labute approximate surface area is 122 Å². The molecule has 0 saturated carbocycles. The summed E-state index contributed by atoms with van der Waals surface area (Å²) in [5.41, 5.74) is 0. The van der Waals surface area contributed by atoms with E-state index in [1.165, 1.54) is 19.3 Å². The van der Waals surface area contributed by atoms with Crippen LogP contribution in [0.3, 0.4) is 0 Å². The highest BCUT2D eigenvalue weighted by Crippen LogP contribution is 2.04. The molecule has 0 bridgehead atoms. The number of hydrogen-bond donors (Lipinski definition) is 1. The molecule has 0 heterocycles. The lowest BCUT2D eigenvalue weighted by atomic mass is 10.1. The van der Waals surface area contributed by atoms with Crippen molar-refractivity contribution in [3.8, 4) is 0 Å². The van der Waals surface area contributed by atoms with E-state index in [4.69, 9.17) is 0 Å². The Morgan fingerprint density at radius 1 is 1.05 bits per heavy atom. The van der Waals surface area contributed by atoms with E-state index < -0.39 is 5.97 Å². The number of nitrogens with one attached hydrogen (secondary N) is 1. The third-order valence-corrected chi connectivity index (χ3v) is 3.33. The van der Waals surface area contributed by atoms with E-state index in [0.717, 1.165) is 19.3 Å². The summed E-state index contributed by atoms with van der Waals surface area (Å²) in [4.78, 5) is 22.1. The summed E-state index contributed by atoms with van der Waals surface area (Å²) in [6, 6.07) is 0. The normalized spacial score (nSPS) is 11.3. The average Bonchev–Trinajstić information content (AvgIpc) is 2.33. The highest BCUT2D eigenvalue weighted by atomic mass is 16.4. The van der Waals surface area contributed by atoms with Gasteiger partial charge in [-0.05, 0) is 6.42 Å². The van der Waals surface area contributed by atoms with E-state index in [1.54, 1.807) is 0 Å². The zero-order valence-corrected chi connectivity index (χ0v) is 13.2. The predicted molar refractivity (Wildman–Crippen MR) is 77.9 cm³/mol. The lowest BCUT2D eigenvalue weighted by molar-refractivity contribution is -0.884. The van der Waals surface area contributed by atoms with Gasteiger partial charge in [0.1, 0.15) is 6.54 Å². The van der Waals surface area contributed by atoms with Crippen molar-refractivity contribution in [1.29, 1.82) is 0 Å². The zero-order valence-electron chi connectivity index (χ0n) is 13.2. The van der Waals surface area contributed by atoms with Crippen molar-refractivity contribution in [3.63, 3.8) is 0 Å². The van der Waals surface area contributed by atoms with Crippen molar-refractivity contribution in [1.82, 2.24) is 5.32 Å². The topological polar surface area (TPSA) is 69.2 Å². The number of likely N-dealkylation sites (N-methyl/N-ethyl adjacent to an activating group) is 1. The Morgan fingerprint density at radius 3 is 2.30 bits per heavy atom. The number of rotatable bonds is 12. The van der Waals surface area contributed by atoms with Crippen molar-refractivity contribution in [2.75, 3.05) is 33.7 Å². The molecule has 118 valence electrons. The van der Waals surface area contributed by atoms with Gasteiger partial charge in [-0.2, -0.15) is 0 Å². The molecule has 1 amide bonds. The van der Waals surface area contributed by atoms with E-state index in [0.29, 0.717) is 24.0 Å². The SMILES string of the molecule is CCCCCCCC(=O)NCCC[N+](C)(C)CC(=O)[O-]. The average molecular weight is 286 g/mol. The summed E-state index contributed by atoms with van der Waals surface area (Å²) >= 11 is 0. The summed E-state index contributed by atoms with van der Waals surface area (Å²) in [6.45, 7) is 3.51. The maximum absolute atomic E-state index is 11.6. The minimum absolute atomic E-state index is 0.00533. The van der Waals surface area contributed by atoms with Crippen LogP contribution < -0.4 is 10.4 Å². The van der Waals surface area contributed by atoms with Crippen LogP contribution in [-0.2, 0) is 9.59 Å². The standard InChI is InChI=1S/C15H30N2O3/c1-4-5-6-7-8-10-14(18)16-11-9-12-17(2,3)13-15(19)20/h4-13H2,1-3H3,(H-,16,18,19,20). The first-order chi connectivity index (χ1) is 9.37. The molecule has 0 radical (unpaired) electrons. The van der Waals surface area contributed by atoms with E-state index in [1.807, 2.05) is 14.1 Å². The van der Waals surface area contributed by atoms with Crippen molar-refractivity contribution in [3.05, 3.63) is 0 Å². The van der Waals surface area contributed by atoms with Crippen LogP contribution in [0.25, 0.3) is 0 Å². The van der Waals surface area contributed by atoms with Crippen LogP contribution in [0, 0.1) is 0 Å². The fraction of sp³-hybridized carbons (Fsp3) is 0.867. The smallest absolute Gasteiger partial charge is 0.219 e. The molecule has 0 aromatic heterocycles. The number of carboxylic acid groups (broad SMARTS) is 1. The molecule has 5 heteroatoms. The first-order valence-corrected chi connectivity index (χ1v) is 7.66. The van der Waals surface area contributed by atoms with Gasteiger partial charge in [-0.15, -0.1) is 0 Å². The molecule has 0 spiro atoms. The van der Waals surface area contributed by atoms with Crippen molar-refractivity contribution >= 4 is 11.9 Å². The maximum Gasteiger partial charge on any atom is 0.219 e. The van der Waals surface area contributed by atoms with Crippen molar-refractivity contribution in [2.24, 2.45) is 0 Å².